The molecule has 116 valence electrons. The van der Waals surface area contributed by atoms with E-state index in [1.165, 1.54) is 18.4 Å². The van der Waals surface area contributed by atoms with Crippen molar-refractivity contribution < 1.29 is 4.79 Å². The van der Waals surface area contributed by atoms with E-state index >= 15 is 0 Å². The largest absolute Gasteiger partial charge is 0.339 e. The summed E-state index contributed by atoms with van der Waals surface area (Å²) in [6.07, 6.45) is 2.45. The van der Waals surface area contributed by atoms with Crippen LogP contribution in [0.3, 0.4) is 0 Å². The molecular formula is C18H28N2O. The third-order valence-corrected chi connectivity index (χ3v) is 4.37. The van der Waals surface area contributed by atoms with Gasteiger partial charge >= 0.3 is 0 Å². The van der Waals surface area contributed by atoms with E-state index in [4.69, 9.17) is 0 Å². The number of benzene rings is 1. The Morgan fingerprint density at radius 2 is 2.05 bits per heavy atom. The van der Waals surface area contributed by atoms with Gasteiger partial charge < -0.3 is 10.2 Å². The monoisotopic (exact) mass is 288 g/mol. The average Bonchev–Trinajstić information content (AvgIpc) is 2.53. The number of amides is 1. The third kappa shape index (κ3) is 4.31. The number of piperidine rings is 1. The number of carbonyl (C=O) groups excluding carboxylic acids is 1. The van der Waals surface area contributed by atoms with E-state index in [2.05, 4.69) is 38.2 Å². The van der Waals surface area contributed by atoms with Crippen LogP contribution in [-0.2, 0) is 0 Å². The lowest BCUT2D eigenvalue weighted by Gasteiger charge is -2.29. The van der Waals surface area contributed by atoms with Crippen LogP contribution >= 0.6 is 0 Å². The number of carbonyl (C=O) groups is 1. The minimum Gasteiger partial charge on any atom is -0.339 e. The number of nitrogens with zero attached hydrogens (tertiary/aromatic N) is 1. The molecule has 0 spiro atoms. The van der Waals surface area contributed by atoms with Gasteiger partial charge in [0.05, 0.1) is 0 Å². The summed E-state index contributed by atoms with van der Waals surface area (Å²) in [6, 6.07) is 8.10. The van der Waals surface area contributed by atoms with Crippen LogP contribution in [0.4, 0.5) is 0 Å². The molecular weight excluding hydrogens is 260 g/mol. The molecule has 3 heteroatoms. The lowest BCUT2D eigenvalue weighted by atomic mass is 9.98. The van der Waals surface area contributed by atoms with Crippen molar-refractivity contribution in [2.24, 2.45) is 5.92 Å². The Morgan fingerprint density at radius 1 is 1.33 bits per heavy atom. The topological polar surface area (TPSA) is 32.3 Å². The normalized spacial score (nSPS) is 18.8. The molecule has 1 N–H and O–H groups in total. The van der Waals surface area contributed by atoms with Crippen LogP contribution in [0.5, 0.6) is 0 Å². The Morgan fingerprint density at radius 3 is 2.57 bits per heavy atom. The van der Waals surface area contributed by atoms with E-state index in [0.717, 1.165) is 31.7 Å². The molecule has 1 aliphatic rings. The van der Waals surface area contributed by atoms with Gasteiger partial charge in [-0.25, -0.2) is 0 Å². The molecule has 1 atom stereocenters. The summed E-state index contributed by atoms with van der Waals surface area (Å²) in [7, 11) is 0. The zero-order valence-electron chi connectivity index (χ0n) is 13.6. The van der Waals surface area contributed by atoms with E-state index in [1.54, 1.807) is 0 Å². The summed E-state index contributed by atoms with van der Waals surface area (Å²) in [5.74, 6) is 1.26. The highest BCUT2D eigenvalue weighted by molar-refractivity contribution is 5.94. The Bertz CT molecular complexity index is 447. The lowest BCUT2D eigenvalue weighted by molar-refractivity contribution is 0.0729. The standard InChI is InChI=1S/C18H28N2O/c1-4-20(13-15-6-5-11-19-12-15)18(21)17-9-7-16(8-10-17)14(2)3/h7-10,14-15,19H,4-6,11-13H2,1-3H3. The molecule has 1 heterocycles. The van der Waals surface area contributed by atoms with Gasteiger partial charge in [-0.3, -0.25) is 4.79 Å². The summed E-state index contributed by atoms with van der Waals surface area (Å²) in [5.41, 5.74) is 2.09. The van der Waals surface area contributed by atoms with Crippen molar-refractivity contribution in [2.75, 3.05) is 26.2 Å². The quantitative estimate of drug-likeness (QED) is 0.902. The molecule has 0 saturated carbocycles. The van der Waals surface area contributed by atoms with Gasteiger partial charge in [0.15, 0.2) is 0 Å². The molecule has 1 aromatic carbocycles. The fourth-order valence-corrected chi connectivity index (χ4v) is 2.94. The van der Waals surface area contributed by atoms with Crippen molar-refractivity contribution in [1.29, 1.82) is 0 Å². The van der Waals surface area contributed by atoms with Crippen LogP contribution in [0, 0.1) is 5.92 Å². The van der Waals surface area contributed by atoms with Crippen LogP contribution < -0.4 is 5.32 Å². The number of hydrogen-bond acceptors (Lipinski definition) is 2. The van der Waals surface area contributed by atoms with Crippen LogP contribution in [0.25, 0.3) is 0 Å². The molecule has 2 rings (SSSR count). The molecule has 1 amide bonds. The van der Waals surface area contributed by atoms with E-state index in [9.17, 15) is 4.79 Å². The summed E-state index contributed by atoms with van der Waals surface area (Å²) in [5, 5.41) is 3.42. The second-order valence-electron chi connectivity index (χ2n) is 6.33. The third-order valence-electron chi connectivity index (χ3n) is 4.37. The molecule has 1 aliphatic heterocycles. The summed E-state index contributed by atoms with van der Waals surface area (Å²) in [6.45, 7) is 10.2. The SMILES string of the molecule is CCN(CC1CCCNC1)C(=O)c1ccc(C(C)C)cc1. The van der Waals surface area contributed by atoms with Crippen molar-refractivity contribution in [3.8, 4) is 0 Å². The van der Waals surface area contributed by atoms with Gasteiger partial charge in [0, 0.05) is 18.7 Å². The van der Waals surface area contributed by atoms with Gasteiger partial charge in [0.1, 0.15) is 0 Å². The van der Waals surface area contributed by atoms with Crippen molar-refractivity contribution in [3.05, 3.63) is 35.4 Å². The maximum atomic E-state index is 12.6. The molecule has 1 fully saturated rings. The molecule has 21 heavy (non-hydrogen) atoms. The zero-order chi connectivity index (χ0) is 15.2. The van der Waals surface area contributed by atoms with Gasteiger partial charge in [0.25, 0.3) is 5.91 Å². The molecule has 0 aromatic heterocycles. The van der Waals surface area contributed by atoms with Crippen molar-refractivity contribution >= 4 is 5.91 Å². The molecule has 3 nitrogen and oxygen atoms in total. The highest BCUT2D eigenvalue weighted by Gasteiger charge is 2.20. The van der Waals surface area contributed by atoms with Crippen molar-refractivity contribution in [3.63, 3.8) is 0 Å². The first-order chi connectivity index (χ1) is 10.1. The average molecular weight is 288 g/mol. The first-order valence-electron chi connectivity index (χ1n) is 8.21. The first-order valence-corrected chi connectivity index (χ1v) is 8.21. The molecule has 1 saturated heterocycles. The highest BCUT2D eigenvalue weighted by atomic mass is 16.2. The molecule has 0 aliphatic carbocycles. The Balaban J connectivity index is 2.01. The summed E-state index contributed by atoms with van der Waals surface area (Å²) < 4.78 is 0. The van der Waals surface area contributed by atoms with Crippen molar-refractivity contribution in [2.45, 2.75) is 39.5 Å². The zero-order valence-corrected chi connectivity index (χ0v) is 13.6. The van der Waals surface area contributed by atoms with Gasteiger partial charge in [-0.05, 0) is 62.4 Å². The maximum absolute atomic E-state index is 12.6. The van der Waals surface area contributed by atoms with Gasteiger partial charge in [-0.1, -0.05) is 26.0 Å². The molecule has 1 unspecified atom stereocenters. The van der Waals surface area contributed by atoms with Crippen LogP contribution in [0.1, 0.15) is 55.5 Å². The van der Waals surface area contributed by atoms with Gasteiger partial charge in [0.2, 0.25) is 0 Å². The highest BCUT2D eigenvalue weighted by Crippen LogP contribution is 2.17. The fraction of sp³-hybridized carbons (Fsp3) is 0.611. The second-order valence-corrected chi connectivity index (χ2v) is 6.33. The van der Waals surface area contributed by atoms with Crippen LogP contribution in [0.15, 0.2) is 24.3 Å². The van der Waals surface area contributed by atoms with Crippen molar-refractivity contribution in [1.82, 2.24) is 10.2 Å². The minimum absolute atomic E-state index is 0.165. The lowest BCUT2D eigenvalue weighted by Crippen LogP contribution is -2.41. The van der Waals surface area contributed by atoms with E-state index < -0.39 is 0 Å². The Hall–Kier alpha value is -1.35. The Kier molecular flexibility index (Phi) is 5.80. The smallest absolute Gasteiger partial charge is 0.253 e. The second kappa shape index (κ2) is 7.60. The van der Waals surface area contributed by atoms with Crippen LogP contribution in [0.2, 0.25) is 0 Å². The predicted molar refractivity (Wildman–Crippen MR) is 87.7 cm³/mol. The van der Waals surface area contributed by atoms with E-state index in [-0.39, 0.29) is 5.91 Å². The van der Waals surface area contributed by atoms with E-state index in [0.29, 0.717) is 11.8 Å². The maximum Gasteiger partial charge on any atom is 0.253 e. The fourth-order valence-electron chi connectivity index (χ4n) is 2.94. The number of hydrogen-bond donors (Lipinski definition) is 1. The minimum atomic E-state index is 0.165. The molecule has 0 radical (unpaired) electrons. The summed E-state index contributed by atoms with van der Waals surface area (Å²) in [4.78, 5) is 14.6. The van der Waals surface area contributed by atoms with Gasteiger partial charge in [-0.15, -0.1) is 0 Å². The first kappa shape index (κ1) is 16.0. The predicted octanol–water partition coefficient (Wildman–Crippen LogP) is 3.27. The van der Waals surface area contributed by atoms with Gasteiger partial charge in [-0.2, -0.15) is 0 Å². The number of rotatable bonds is 5. The Labute approximate surface area is 128 Å². The van der Waals surface area contributed by atoms with E-state index in [1.807, 2.05) is 17.0 Å². The number of nitrogens with one attached hydrogen (secondary N) is 1. The molecule has 1 aromatic rings. The summed E-state index contributed by atoms with van der Waals surface area (Å²) >= 11 is 0. The van der Waals surface area contributed by atoms with Crippen LogP contribution in [-0.4, -0.2) is 37.0 Å². The molecule has 0 bridgehead atoms.